The van der Waals surface area contributed by atoms with E-state index in [-0.39, 0.29) is 6.10 Å². The third-order valence-electron chi connectivity index (χ3n) is 6.51. The molecule has 1 aliphatic heterocycles. The number of rotatable bonds is 3. The highest BCUT2D eigenvalue weighted by molar-refractivity contribution is 5.37. The summed E-state index contributed by atoms with van der Waals surface area (Å²) in [4.78, 5) is 2.56. The second-order valence-corrected chi connectivity index (χ2v) is 8.19. The van der Waals surface area contributed by atoms with Crippen molar-refractivity contribution in [1.82, 2.24) is 10.2 Å². The van der Waals surface area contributed by atoms with Crippen LogP contribution >= 0.6 is 0 Å². The van der Waals surface area contributed by atoms with E-state index in [1.165, 1.54) is 50.5 Å². The van der Waals surface area contributed by atoms with Crippen LogP contribution in [0.15, 0.2) is 18.2 Å². The highest BCUT2D eigenvalue weighted by Crippen LogP contribution is 2.33. The summed E-state index contributed by atoms with van der Waals surface area (Å²) in [5.74, 6) is 0. The van der Waals surface area contributed by atoms with E-state index in [1.807, 2.05) is 0 Å². The Hall–Kier alpha value is -0.900. The molecule has 2 fully saturated rings. The second-order valence-electron chi connectivity index (χ2n) is 8.19. The van der Waals surface area contributed by atoms with Crippen molar-refractivity contribution in [3.05, 3.63) is 34.9 Å². The van der Waals surface area contributed by atoms with Gasteiger partial charge in [-0.2, -0.15) is 0 Å². The maximum Gasteiger partial charge on any atom is 0.0695 e. The van der Waals surface area contributed by atoms with Crippen LogP contribution in [0.4, 0.5) is 0 Å². The first-order valence-electron chi connectivity index (χ1n) is 9.98. The van der Waals surface area contributed by atoms with Gasteiger partial charge in [-0.05, 0) is 56.6 Å². The molecule has 1 saturated heterocycles. The first-order chi connectivity index (χ1) is 11.7. The molecule has 3 aliphatic rings. The van der Waals surface area contributed by atoms with Crippen LogP contribution in [0.5, 0.6) is 0 Å². The van der Waals surface area contributed by atoms with Gasteiger partial charge in [-0.1, -0.05) is 36.6 Å². The summed E-state index contributed by atoms with van der Waals surface area (Å²) in [5, 5.41) is 14.2. The van der Waals surface area contributed by atoms with Crippen LogP contribution in [0.3, 0.4) is 0 Å². The number of hydrogen-bond donors (Lipinski definition) is 2. The zero-order chi connectivity index (χ0) is 16.5. The molecule has 3 unspecified atom stereocenters. The van der Waals surface area contributed by atoms with Crippen LogP contribution in [-0.4, -0.2) is 41.3 Å². The normalized spacial score (nSPS) is 32.0. The molecular weight excluding hydrogens is 296 g/mol. The molecule has 1 aromatic rings. The van der Waals surface area contributed by atoms with Crippen LogP contribution in [0, 0.1) is 6.92 Å². The lowest BCUT2D eigenvalue weighted by atomic mass is 9.89. The van der Waals surface area contributed by atoms with Gasteiger partial charge in [-0.25, -0.2) is 0 Å². The summed E-state index contributed by atoms with van der Waals surface area (Å²) in [6.45, 7) is 4.49. The lowest BCUT2D eigenvalue weighted by Gasteiger charge is -2.42. The Morgan fingerprint density at radius 2 is 1.83 bits per heavy atom. The predicted octanol–water partition coefficient (Wildman–Crippen LogP) is 3.34. The predicted molar refractivity (Wildman–Crippen MR) is 98.2 cm³/mol. The lowest BCUT2D eigenvalue weighted by molar-refractivity contribution is 0.00660. The van der Waals surface area contributed by atoms with Crippen molar-refractivity contribution in [3.63, 3.8) is 0 Å². The van der Waals surface area contributed by atoms with Gasteiger partial charge in [-0.15, -0.1) is 0 Å². The van der Waals surface area contributed by atoms with E-state index in [4.69, 9.17) is 0 Å². The number of likely N-dealkylation sites (tertiary alicyclic amines) is 1. The van der Waals surface area contributed by atoms with Crippen molar-refractivity contribution in [1.29, 1.82) is 0 Å². The van der Waals surface area contributed by atoms with Gasteiger partial charge < -0.3 is 10.4 Å². The average Bonchev–Trinajstić information content (AvgIpc) is 2.98. The molecule has 2 aliphatic carbocycles. The van der Waals surface area contributed by atoms with Gasteiger partial charge in [0.05, 0.1) is 6.10 Å². The molecule has 2 N–H and O–H groups in total. The molecule has 3 nitrogen and oxygen atoms in total. The molecule has 0 radical (unpaired) electrons. The Morgan fingerprint density at radius 1 is 1.04 bits per heavy atom. The number of nitrogens with one attached hydrogen (secondary N) is 1. The van der Waals surface area contributed by atoms with Crippen molar-refractivity contribution in [2.24, 2.45) is 0 Å². The average molecular weight is 329 g/mol. The summed E-state index contributed by atoms with van der Waals surface area (Å²) in [6.07, 6.45) is 9.51. The Balaban J connectivity index is 1.32. The SMILES string of the molecule is Cc1ccc2c(c1)C(NC1CCN(C3CCCCC3O)CC1)CC2. The molecule has 1 heterocycles. The quantitative estimate of drug-likeness (QED) is 0.893. The fraction of sp³-hybridized carbons (Fsp3) is 0.714. The van der Waals surface area contributed by atoms with Crippen LogP contribution in [0.1, 0.15) is 67.7 Å². The maximum absolute atomic E-state index is 10.3. The van der Waals surface area contributed by atoms with Gasteiger partial charge in [0.2, 0.25) is 0 Å². The second kappa shape index (κ2) is 7.15. The largest absolute Gasteiger partial charge is 0.391 e. The topological polar surface area (TPSA) is 35.5 Å². The van der Waals surface area contributed by atoms with Gasteiger partial charge >= 0.3 is 0 Å². The fourth-order valence-electron chi connectivity index (χ4n) is 5.09. The van der Waals surface area contributed by atoms with Crippen molar-refractivity contribution < 1.29 is 5.11 Å². The van der Waals surface area contributed by atoms with E-state index < -0.39 is 0 Å². The lowest BCUT2D eigenvalue weighted by Crippen LogP contribution is -2.51. The van der Waals surface area contributed by atoms with Gasteiger partial charge in [0.15, 0.2) is 0 Å². The molecule has 4 rings (SSSR count). The summed E-state index contributed by atoms with van der Waals surface area (Å²) in [7, 11) is 0. The number of aliphatic hydroxyl groups excluding tert-OH is 1. The number of aliphatic hydroxyl groups is 1. The number of aryl methyl sites for hydroxylation is 2. The van der Waals surface area contributed by atoms with E-state index in [1.54, 1.807) is 11.1 Å². The van der Waals surface area contributed by atoms with Gasteiger partial charge in [0.25, 0.3) is 0 Å². The summed E-state index contributed by atoms with van der Waals surface area (Å²) >= 11 is 0. The Morgan fingerprint density at radius 3 is 2.62 bits per heavy atom. The highest BCUT2D eigenvalue weighted by atomic mass is 16.3. The Labute approximate surface area is 146 Å². The monoisotopic (exact) mass is 328 g/mol. The molecule has 1 saturated carbocycles. The number of fused-ring (bicyclic) bond motifs is 1. The molecule has 0 aromatic heterocycles. The van der Waals surface area contributed by atoms with Crippen LogP contribution in [0.25, 0.3) is 0 Å². The van der Waals surface area contributed by atoms with E-state index in [0.29, 0.717) is 18.1 Å². The van der Waals surface area contributed by atoms with Gasteiger partial charge in [0.1, 0.15) is 0 Å². The van der Waals surface area contributed by atoms with Crippen molar-refractivity contribution in [2.75, 3.05) is 13.1 Å². The standard InChI is InChI=1S/C21H32N2O/c1-15-6-7-16-8-9-19(18(16)14-15)22-17-10-12-23(13-11-17)20-4-2-3-5-21(20)24/h6-7,14,17,19-22,24H,2-5,8-13H2,1H3. The molecule has 3 atom stereocenters. The van der Waals surface area contributed by atoms with Gasteiger partial charge in [-0.3, -0.25) is 4.90 Å². The van der Waals surface area contributed by atoms with E-state index >= 15 is 0 Å². The van der Waals surface area contributed by atoms with Crippen LogP contribution < -0.4 is 5.32 Å². The van der Waals surface area contributed by atoms with Crippen molar-refractivity contribution in [2.45, 2.75) is 82.5 Å². The third kappa shape index (κ3) is 3.40. The maximum atomic E-state index is 10.3. The minimum absolute atomic E-state index is 0.0899. The van der Waals surface area contributed by atoms with E-state index in [0.717, 1.165) is 19.5 Å². The minimum atomic E-state index is -0.0899. The number of nitrogens with zero attached hydrogens (tertiary/aromatic N) is 1. The molecule has 3 heteroatoms. The third-order valence-corrected chi connectivity index (χ3v) is 6.51. The molecule has 0 amide bonds. The summed E-state index contributed by atoms with van der Waals surface area (Å²) < 4.78 is 0. The first kappa shape index (κ1) is 16.6. The molecule has 24 heavy (non-hydrogen) atoms. The molecule has 132 valence electrons. The first-order valence-corrected chi connectivity index (χ1v) is 9.98. The van der Waals surface area contributed by atoms with Crippen molar-refractivity contribution >= 4 is 0 Å². The molecular formula is C21H32N2O. The van der Waals surface area contributed by atoms with Crippen molar-refractivity contribution in [3.8, 4) is 0 Å². The molecule has 0 bridgehead atoms. The summed E-state index contributed by atoms with van der Waals surface area (Å²) in [6, 6.07) is 8.56. The number of hydrogen-bond acceptors (Lipinski definition) is 3. The van der Waals surface area contributed by atoms with Crippen LogP contribution in [-0.2, 0) is 6.42 Å². The smallest absolute Gasteiger partial charge is 0.0695 e. The Kier molecular flexibility index (Phi) is 4.93. The number of piperidine rings is 1. The zero-order valence-corrected chi connectivity index (χ0v) is 15.0. The highest BCUT2D eigenvalue weighted by Gasteiger charge is 2.32. The Bertz CT molecular complexity index is 565. The van der Waals surface area contributed by atoms with E-state index in [2.05, 4.69) is 35.3 Å². The molecule has 1 aromatic carbocycles. The van der Waals surface area contributed by atoms with E-state index in [9.17, 15) is 5.11 Å². The van der Waals surface area contributed by atoms with Gasteiger partial charge in [0, 0.05) is 31.2 Å². The van der Waals surface area contributed by atoms with Crippen LogP contribution in [0.2, 0.25) is 0 Å². The zero-order valence-electron chi connectivity index (χ0n) is 15.0. The fourth-order valence-corrected chi connectivity index (χ4v) is 5.09. The summed E-state index contributed by atoms with van der Waals surface area (Å²) in [5.41, 5.74) is 4.46. The minimum Gasteiger partial charge on any atom is -0.391 e. The molecule has 0 spiro atoms. The number of benzene rings is 1.